The van der Waals surface area contributed by atoms with Crippen LogP contribution in [0.15, 0.2) is 47.1 Å². The van der Waals surface area contributed by atoms with Crippen LogP contribution < -0.4 is 0 Å². The van der Waals surface area contributed by atoms with E-state index in [1.807, 2.05) is 25.1 Å². The Kier molecular flexibility index (Phi) is 3.91. The van der Waals surface area contributed by atoms with Gasteiger partial charge in [0.25, 0.3) is 0 Å². The van der Waals surface area contributed by atoms with E-state index in [0.29, 0.717) is 11.3 Å². The molecule has 0 unspecified atom stereocenters. The average Bonchev–Trinajstić information content (AvgIpc) is 2.87. The SMILES string of the molecule is Cc1ccc2c(-c3cccc(F)c3C(=O)OC(C)(C)C)occ2c1. The van der Waals surface area contributed by atoms with Gasteiger partial charge in [0.15, 0.2) is 0 Å². The van der Waals surface area contributed by atoms with Crippen LogP contribution >= 0.6 is 0 Å². The van der Waals surface area contributed by atoms with Crippen molar-refractivity contribution in [2.75, 3.05) is 0 Å². The van der Waals surface area contributed by atoms with E-state index in [2.05, 4.69) is 0 Å². The minimum absolute atomic E-state index is 0.107. The molecular weight excluding hydrogens is 307 g/mol. The first-order chi connectivity index (χ1) is 11.3. The second-order valence-electron chi connectivity index (χ2n) is 6.82. The van der Waals surface area contributed by atoms with Gasteiger partial charge in [0.1, 0.15) is 22.7 Å². The van der Waals surface area contributed by atoms with E-state index in [9.17, 15) is 9.18 Å². The molecule has 0 fully saturated rings. The number of ether oxygens (including phenoxy) is 1. The predicted octanol–water partition coefficient (Wildman–Crippen LogP) is 5.50. The lowest BCUT2D eigenvalue weighted by Gasteiger charge is -2.20. The monoisotopic (exact) mass is 326 g/mol. The summed E-state index contributed by atoms with van der Waals surface area (Å²) in [5.41, 5.74) is 0.674. The molecule has 0 spiro atoms. The minimum atomic E-state index is -0.709. The Balaban J connectivity index is 2.17. The summed E-state index contributed by atoms with van der Waals surface area (Å²) < 4.78 is 25.4. The van der Waals surface area contributed by atoms with E-state index < -0.39 is 17.4 Å². The number of carbonyl (C=O) groups excluding carboxylic acids is 1. The number of aryl methyl sites for hydroxylation is 1. The smallest absolute Gasteiger partial charge is 0.342 e. The van der Waals surface area contributed by atoms with Crippen LogP contribution in [0, 0.1) is 12.7 Å². The summed E-state index contributed by atoms with van der Waals surface area (Å²) in [6, 6.07) is 10.3. The van der Waals surface area contributed by atoms with Crippen molar-refractivity contribution in [3.8, 4) is 11.3 Å². The fraction of sp³-hybridized carbons (Fsp3) is 0.250. The van der Waals surface area contributed by atoms with E-state index in [1.165, 1.54) is 6.07 Å². The number of esters is 1. The first kappa shape index (κ1) is 16.2. The normalized spacial score (nSPS) is 11.7. The zero-order valence-corrected chi connectivity index (χ0v) is 14.1. The van der Waals surface area contributed by atoms with Gasteiger partial charge in [-0.05, 0) is 39.8 Å². The third-order valence-corrected chi connectivity index (χ3v) is 3.62. The molecule has 0 bridgehead atoms. The molecule has 0 saturated carbocycles. The maximum atomic E-state index is 14.4. The second kappa shape index (κ2) is 5.78. The Morgan fingerprint density at radius 2 is 1.92 bits per heavy atom. The fourth-order valence-electron chi connectivity index (χ4n) is 2.63. The molecule has 0 atom stereocenters. The van der Waals surface area contributed by atoms with Crippen LogP contribution in [0.5, 0.6) is 0 Å². The maximum Gasteiger partial charge on any atom is 0.342 e. The standard InChI is InChI=1S/C20H19FO3/c1-12-8-9-14-13(10-12)11-23-18(14)15-6-5-7-16(21)17(15)19(22)24-20(2,3)4/h5-11H,1-4H3. The molecule has 124 valence electrons. The van der Waals surface area contributed by atoms with Crippen molar-refractivity contribution in [3.63, 3.8) is 0 Å². The van der Waals surface area contributed by atoms with Crippen LogP contribution in [0.1, 0.15) is 36.7 Å². The third kappa shape index (κ3) is 3.04. The summed E-state index contributed by atoms with van der Waals surface area (Å²) in [5, 5.41) is 1.74. The Hall–Kier alpha value is -2.62. The van der Waals surface area contributed by atoms with Gasteiger partial charge >= 0.3 is 5.97 Å². The molecule has 3 aromatic rings. The summed E-state index contributed by atoms with van der Waals surface area (Å²) in [6.45, 7) is 7.23. The first-order valence-electron chi connectivity index (χ1n) is 7.76. The molecule has 24 heavy (non-hydrogen) atoms. The van der Waals surface area contributed by atoms with Crippen molar-refractivity contribution < 1.29 is 18.3 Å². The molecule has 3 rings (SSSR count). The number of rotatable bonds is 2. The van der Waals surface area contributed by atoms with E-state index in [1.54, 1.807) is 39.2 Å². The number of halogens is 1. The maximum absolute atomic E-state index is 14.4. The van der Waals surface area contributed by atoms with Gasteiger partial charge in [-0.15, -0.1) is 0 Å². The lowest BCUT2D eigenvalue weighted by molar-refractivity contribution is 0.00655. The molecule has 3 nitrogen and oxygen atoms in total. The summed E-state index contributed by atoms with van der Waals surface area (Å²) in [5.74, 6) is -0.865. The molecule has 2 aromatic carbocycles. The van der Waals surface area contributed by atoms with Crippen LogP contribution in [0.4, 0.5) is 4.39 Å². The molecule has 0 aliphatic carbocycles. The molecule has 4 heteroatoms. The average molecular weight is 326 g/mol. The van der Waals surface area contributed by atoms with E-state index >= 15 is 0 Å². The largest absolute Gasteiger partial charge is 0.463 e. The molecule has 0 amide bonds. The van der Waals surface area contributed by atoms with Crippen molar-refractivity contribution in [2.24, 2.45) is 0 Å². The van der Waals surface area contributed by atoms with Crippen LogP contribution in [0.25, 0.3) is 22.1 Å². The van der Waals surface area contributed by atoms with Crippen molar-refractivity contribution in [2.45, 2.75) is 33.3 Å². The number of hydrogen-bond acceptors (Lipinski definition) is 3. The van der Waals surface area contributed by atoms with Gasteiger partial charge in [0.2, 0.25) is 0 Å². The van der Waals surface area contributed by atoms with Crippen LogP contribution in [-0.2, 0) is 4.74 Å². The molecule has 0 radical (unpaired) electrons. The van der Waals surface area contributed by atoms with Gasteiger partial charge in [-0.25, -0.2) is 9.18 Å². The number of hydrogen-bond donors (Lipinski definition) is 0. The highest BCUT2D eigenvalue weighted by Gasteiger charge is 2.26. The molecule has 0 aliphatic heterocycles. The molecule has 0 aliphatic rings. The lowest BCUT2D eigenvalue weighted by Crippen LogP contribution is -2.25. The second-order valence-corrected chi connectivity index (χ2v) is 6.82. The van der Waals surface area contributed by atoms with Gasteiger partial charge in [0, 0.05) is 16.3 Å². The summed E-state index contributed by atoms with van der Waals surface area (Å²) in [4.78, 5) is 12.5. The number of furan rings is 1. The first-order valence-corrected chi connectivity index (χ1v) is 7.76. The highest BCUT2D eigenvalue weighted by molar-refractivity contribution is 6.02. The van der Waals surface area contributed by atoms with Crippen molar-refractivity contribution in [1.29, 1.82) is 0 Å². The fourth-order valence-corrected chi connectivity index (χ4v) is 2.63. The summed E-state index contributed by atoms with van der Waals surface area (Å²) in [7, 11) is 0. The third-order valence-electron chi connectivity index (χ3n) is 3.62. The number of fused-ring (bicyclic) bond motifs is 1. The van der Waals surface area contributed by atoms with Gasteiger partial charge in [0.05, 0.1) is 6.26 Å². The van der Waals surface area contributed by atoms with Crippen molar-refractivity contribution in [1.82, 2.24) is 0 Å². The molecule has 1 aromatic heterocycles. The zero-order valence-electron chi connectivity index (χ0n) is 14.1. The summed E-state index contributed by atoms with van der Waals surface area (Å²) >= 11 is 0. The van der Waals surface area contributed by atoms with Crippen LogP contribution in [-0.4, -0.2) is 11.6 Å². The van der Waals surface area contributed by atoms with Gasteiger partial charge in [-0.3, -0.25) is 0 Å². The van der Waals surface area contributed by atoms with Crippen LogP contribution in [0.3, 0.4) is 0 Å². The molecular formula is C20H19FO3. The Labute approximate surface area is 140 Å². The topological polar surface area (TPSA) is 39.4 Å². The van der Waals surface area contributed by atoms with Gasteiger partial charge in [-0.1, -0.05) is 29.8 Å². The molecule has 0 saturated heterocycles. The van der Waals surface area contributed by atoms with Crippen molar-refractivity contribution in [3.05, 3.63) is 59.6 Å². The Morgan fingerprint density at radius 1 is 1.17 bits per heavy atom. The van der Waals surface area contributed by atoms with E-state index in [-0.39, 0.29) is 5.56 Å². The molecule has 0 N–H and O–H groups in total. The number of carbonyl (C=O) groups is 1. The van der Waals surface area contributed by atoms with E-state index in [0.717, 1.165) is 16.3 Å². The Morgan fingerprint density at radius 3 is 2.62 bits per heavy atom. The van der Waals surface area contributed by atoms with E-state index in [4.69, 9.17) is 9.15 Å². The van der Waals surface area contributed by atoms with Gasteiger partial charge < -0.3 is 9.15 Å². The predicted molar refractivity (Wildman–Crippen MR) is 91.5 cm³/mol. The highest BCUT2D eigenvalue weighted by atomic mass is 19.1. The Bertz CT molecular complexity index is 916. The minimum Gasteiger partial charge on any atom is -0.463 e. The quantitative estimate of drug-likeness (QED) is 0.584. The number of benzene rings is 2. The zero-order chi connectivity index (χ0) is 17.5. The molecule has 1 heterocycles. The van der Waals surface area contributed by atoms with Crippen molar-refractivity contribution >= 4 is 16.7 Å². The van der Waals surface area contributed by atoms with Gasteiger partial charge in [-0.2, -0.15) is 0 Å². The van der Waals surface area contributed by atoms with Crippen LogP contribution in [0.2, 0.25) is 0 Å². The summed E-state index contributed by atoms with van der Waals surface area (Å²) in [6.07, 6.45) is 1.61. The lowest BCUT2D eigenvalue weighted by atomic mass is 10.0. The highest BCUT2D eigenvalue weighted by Crippen LogP contribution is 2.34.